The number of carbonyl (C=O) groups is 1. The highest BCUT2D eigenvalue weighted by Crippen LogP contribution is 2.31. The van der Waals surface area contributed by atoms with Gasteiger partial charge in [-0.25, -0.2) is 19.3 Å². The van der Waals surface area contributed by atoms with Crippen molar-refractivity contribution in [2.75, 3.05) is 5.32 Å². The molecule has 0 radical (unpaired) electrons. The van der Waals surface area contributed by atoms with Crippen LogP contribution in [0.4, 0.5) is 10.2 Å². The summed E-state index contributed by atoms with van der Waals surface area (Å²) >= 11 is 2.55. The van der Waals surface area contributed by atoms with Crippen LogP contribution in [0.3, 0.4) is 0 Å². The minimum atomic E-state index is -0.320. The molecule has 1 amide bonds. The maximum Gasteiger partial charge on any atom is 0.231 e. The van der Waals surface area contributed by atoms with E-state index in [0.29, 0.717) is 32.5 Å². The number of halogens is 1. The van der Waals surface area contributed by atoms with Crippen molar-refractivity contribution < 1.29 is 9.18 Å². The average molecular weight is 457 g/mol. The fraction of sp³-hybridized carbons (Fsp3) is 0.158. The third-order valence-electron chi connectivity index (χ3n) is 3.89. The first-order valence-corrected chi connectivity index (χ1v) is 10.7. The second-order valence-corrected chi connectivity index (χ2v) is 8.47. The van der Waals surface area contributed by atoms with E-state index in [9.17, 15) is 9.18 Å². The van der Waals surface area contributed by atoms with Gasteiger partial charge in [-0.1, -0.05) is 11.8 Å². The number of hydrogen-bond acceptors (Lipinski definition) is 8. The fourth-order valence-corrected chi connectivity index (χ4v) is 4.10. The van der Waals surface area contributed by atoms with Crippen molar-refractivity contribution in [1.82, 2.24) is 34.9 Å². The Hall–Kier alpha value is -3.25. The number of carbonyl (C=O) groups excluding carboxylic acids is 1. The van der Waals surface area contributed by atoms with Crippen LogP contribution < -0.4 is 5.32 Å². The number of H-pyrrole nitrogens is 1. The number of amides is 1. The van der Waals surface area contributed by atoms with E-state index in [4.69, 9.17) is 0 Å². The molecule has 31 heavy (non-hydrogen) atoms. The molecular formula is C19H17FN8OS2. The van der Waals surface area contributed by atoms with Gasteiger partial charge >= 0.3 is 0 Å². The lowest BCUT2D eigenvalue weighted by Gasteiger charge is -2.09. The number of nitrogens with one attached hydrogen (secondary N) is 2. The van der Waals surface area contributed by atoms with Gasteiger partial charge in [0, 0.05) is 24.2 Å². The standard InChI is InChI=1S/C19H17FN8OS2/c1-11-22-19(26-25-11)31-17-10-21-18(30-13-5-3-12(20)4-6-13)14(23-17)9-16(29)24-15-7-8-28(2)27-15/h3-8,10H,9H2,1-2H3,(H,22,25,26)(H,24,27,29). The van der Waals surface area contributed by atoms with Gasteiger partial charge in [-0.15, -0.1) is 5.10 Å². The molecule has 9 nitrogen and oxygen atoms in total. The highest BCUT2D eigenvalue weighted by Gasteiger charge is 2.16. The zero-order chi connectivity index (χ0) is 21.8. The number of aromatic nitrogens is 7. The highest BCUT2D eigenvalue weighted by molar-refractivity contribution is 7.99. The van der Waals surface area contributed by atoms with Crippen LogP contribution in [0.25, 0.3) is 0 Å². The molecule has 0 fully saturated rings. The monoisotopic (exact) mass is 456 g/mol. The maximum absolute atomic E-state index is 13.2. The average Bonchev–Trinajstić information content (AvgIpc) is 3.33. The Balaban J connectivity index is 1.57. The summed E-state index contributed by atoms with van der Waals surface area (Å²) in [6.45, 7) is 1.80. The van der Waals surface area contributed by atoms with Crippen molar-refractivity contribution in [2.45, 2.75) is 33.4 Å². The first-order chi connectivity index (χ1) is 14.9. The summed E-state index contributed by atoms with van der Waals surface area (Å²) in [4.78, 5) is 26.7. The number of hydrogen-bond donors (Lipinski definition) is 2. The molecule has 1 aromatic carbocycles. The van der Waals surface area contributed by atoms with E-state index in [-0.39, 0.29) is 18.1 Å². The second kappa shape index (κ2) is 9.27. The fourth-order valence-electron chi connectivity index (χ4n) is 2.54. The van der Waals surface area contributed by atoms with Crippen LogP contribution >= 0.6 is 23.5 Å². The van der Waals surface area contributed by atoms with E-state index < -0.39 is 0 Å². The van der Waals surface area contributed by atoms with Gasteiger partial charge < -0.3 is 5.32 Å². The van der Waals surface area contributed by atoms with Gasteiger partial charge in [-0.05, 0) is 43.0 Å². The number of benzene rings is 1. The Morgan fingerprint density at radius 2 is 2.00 bits per heavy atom. The lowest BCUT2D eigenvalue weighted by atomic mass is 10.3. The lowest BCUT2D eigenvalue weighted by molar-refractivity contribution is -0.115. The number of aromatic amines is 1. The molecule has 0 bridgehead atoms. The van der Waals surface area contributed by atoms with Crippen molar-refractivity contribution in [3.8, 4) is 0 Å². The van der Waals surface area contributed by atoms with Crippen molar-refractivity contribution in [2.24, 2.45) is 7.05 Å². The van der Waals surface area contributed by atoms with Gasteiger partial charge in [0.1, 0.15) is 21.7 Å². The van der Waals surface area contributed by atoms with E-state index >= 15 is 0 Å². The van der Waals surface area contributed by atoms with E-state index in [1.165, 1.54) is 35.7 Å². The smallest absolute Gasteiger partial charge is 0.231 e. The molecule has 4 rings (SSSR count). The minimum Gasteiger partial charge on any atom is -0.309 e. The zero-order valence-electron chi connectivity index (χ0n) is 16.5. The van der Waals surface area contributed by atoms with Crippen molar-refractivity contribution in [1.29, 1.82) is 0 Å². The molecule has 0 saturated carbocycles. The van der Waals surface area contributed by atoms with E-state index in [2.05, 4.69) is 35.6 Å². The number of rotatable bonds is 7. The summed E-state index contributed by atoms with van der Waals surface area (Å²) < 4.78 is 14.8. The highest BCUT2D eigenvalue weighted by atomic mass is 32.2. The van der Waals surface area contributed by atoms with Gasteiger partial charge in [0.2, 0.25) is 11.1 Å². The molecule has 0 spiro atoms. The normalized spacial score (nSPS) is 10.9. The summed E-state index contributed by atoms with van der Waals surface area (Å²) in [6, 6.07) is 7.75. The molecule has 0 saturated heterocycles. The predicted octanol–water partition coefficient (Wildman–Crippen LogP) is 3.26. The zero-order valence-corrected chi connectivity index (χ0v) is 18.2. The topological polar surface area (TPSA) is 114 Å². The second-order valence-electron chi connectivity index (χ2n) is 6.42. The Kier molecular flexibility index (Phi) is 6.28. The van der Waals surface area contributed by atoms with Crippen LogP contribution in [0, 0.1) is 12.7 Å². The molecule has 4 aromatic rings. The molecule has 0 unspecified atom stereocenters. The predicted molar refractivity (Wildman–Crippen MR) is 113 cm³/mol. The van der Waals surface area contributed by atoms with E-state index in [0.717, 1.165) is 4.90 Å². The largest absolute Gasteiger partial charge is 0.309 e. The van der Waals surface area contributed by atoms with E-state index in [1.54, 1.807) is 49.2 Å². The van der Waals surface area contributed by atoms with Crippen LogP contribution in [0.5, 0.6) is 0 Å². The molecule has 12 heteroatoms. The molecule has 3 heterocycles. The number of aryl methyl sites for hydroxylation is 2. The molecule has 0 aliphatic heterocycles. The van der Waals surface area contributed by atoms with Crippen molar-refractivity contribution >= 4 is 35.2 Å². The summed E-state index contributed by atoms with van der Waals surface area (Å²) in [6.07, 6.45) is 3.33. The number of nitrogens with zero attached hydrogens (tertiary/aromatic N) is 6. The Morgan fingerprint density at radius 3 is 2.68 bits per heavy atom. The first kappa shape index (κ1) is 21.0. The van der Waals surface area contributed by atoms with Gasteiger partial charge in [0.15, 0.2) is 5.82 Å². The molecule has 3 aromatic heterocycles. The van der Waals surface area contributed by atoms with Crippen LogP contribution in [0.2, 0.25) is 0 Å². The first-order valence-electron chi connectivity index (χ1n) is 9.10. The Labute approximate surface area is 185 Å². The SMILES string of the molecule is Cc1nc(Sc2cnc(Sc3ccc(F)cc3)c(CC(=O)Nc3ccn(C)n3)n2)n[nH]1. The molecule has 158 valence electrons. The Bertz CT molecular complexity index is 1210. The molecule has 0 aliphatic rings. The molecule has 0 atom stereocenters. The van der Waals surface area contributed by atoms with Crippen LogP contribution in [-0.4, -0.2) is 40.8 Å². The maximum atomic E-state index is 13.2. The van der Waals surface area contributed by atoms with Gasteiger partial charge in [-0.2, -0.15) is 5.10 Å². The quantitative estimate of drug-likeness (QED) is 0.436. The summed E-state index contributed by atoms with van der Waals surface area (Å²) in [7, 11) is 1.77. The summed E-state index contributed by atoms with van der Waals surface area (Å²) in [5, 5.41) is 15.4. The van der Waals surface area contributed by atoms with Crippen molar-refractivity contribution in [3.63, 3.8) is 0 Å². The van der Waals surface area contributed by atoms with Gasteiger partial charge in [0.25, 0.3) is 0 Å². The van der Waals surface area contributed by atoms with Crippen LogP contribution in [0.15, 0.2) is 62.8 Å². The lowest BCUT2D eigenvalue weighted by Crippen LogP contribution is -2.17. The molecule has 2 N–H and O–H groups in total. The Morgan fingerprint density at radius 1 is 1.19 bits per heavy atom. The van der Waals surface area contributed by atoms with E-state index in [1.807, 2.05) is 0 Å². The molecule has 0 aliphatic carbocycles. The van der Waals surface area contributed by atoms with Gasteiger partial charge in [0.05, 0.1) is 18.3 Å². The van der Waals surface area contributed by atoms with Crippen LogP contribution in [0.1, 0.15) is 11.5 Å². The third-order valence-corrected chi connectivity index (χ3v) is 5.71. The molecular weight excluding hydrogens is 439 g/mol. The number of anilines is 1. The van der Waals surface area contributed by atoms with Crippen molar-refractivity contribution in [3.05, 3.63) is 60.1 Å². The minimum absolute atomic E-state index is 0.00543. The summed E-state index contributed by atoms with van der Waals surface area (Å²) in [5.74, 6) is 0.549. The van der Waals surface area contributed by atoms with Crippen LogP contribution in [-0.2, 0) is 18.3 Å². The summed E-state index contributed by atoms with van der Waals surface area (Å²) in [5.41, 5.74) is 0.486. The van der Waals surface area contributed by atoms with Gasteiger partial charge in [-0.3, -0.25) is 14.6 Å². The third kappa shape index (κ3) is 5.67.